The Morgan fingerprint density at radius 3 is 2.11 bits per heavy atom. The van der Waals surface area contributed by atoms with Gasteiger partial charge in [0, 0.05) is 11.8 Å². The number of anilines is 1. The van der Waals surface area contributed by atoms with E-state index in [2.05, 4.69) is 15.6 Å². The van der Waals surface area contributed by atoms with Crippen molar-refractivity contribution >= 4 is 23.4 Å². The first kappa shape index (κ1) is 31.9. The van der Waals surface area contributed by atoms with Crippen molar-refractivity contribution in [3.63, 3.8) is 0 Å². The maximum atomic E-state index is 13.8. The number of carbonyl (C=O) groups is 3. The van der Waals surface area contributed by atoms with E-state index in [9.17, 15) is 14.4 Å². The zero-order valence-corrected chi connectivity index (χ0v) is 25.2. The molecule has 1 heterocycles. The number of nitrogens with one attached hydrogen (secondary N) is 2. The molecule has 11 heteroatoms. The number of benzene rings is 3. The van der Waals surface area contributed by atoms with Crippen molar-refractivity contribution in [1.82, 2.24) is 14.9 Å². The molecule has 4 N–H and O–H groups in total. The molecular weight excluding hydrogens is 562 g/mol. The fraction of sp³-hybridized carbons (Fsp3) is 0.273. The van der Waals surface area contributed by atoms with Gasteiger partial charge in [0.05, 0.1) is 39.3 Å². The molecule has 2 amide bonds. The van der Waals surface area contributed by atoms with Gasteiger partial charge in [0.1, 0.15) is 23.6 Å². The smallest absolute Gasteiger partial charge is 0.250 e. The zero-order chi connectivity index (χ0) is 31.7. The molecule has 1 aromatic heterocycles. The van der Waals surface area contributed by atoms with Crippen LogP contribution in [0.5, 0.6) is 11.5 Å². The Balaban J connectivity index is 1.55. The van der Waals surface area contributed by atoms with E-state index in [0.29, 0.717) is 22.6 Å². The first-order valence-corrected chi connectivity index (χ1v) is 14.0. The lowest BCUT2D eigenvalue weighted by Crippen LogP contribution is -2.56. The number of carbonyl (C=O) groups excluding carboxylic acids is 3. The topological polar surface area (TPSA) is 147 Å². The largest absolute Gasteiger partial charge is 0.497 e. The molecule has 0 aliphatic rings. The van der Waals surface area contributed by atoms with Crippen molar-refractivity contribution in [2.75, 3.05) is 26.1 Å². The third kappa shape index (κ3) is 8.30. The van der Waals surface area contributed by atoms with Crippen LogP contribution in [0.2, 0.25) is 0 Å². The Labute approximate surface area is 256 Å². The summed E-state index contributed by atoms with van der Waals surface area (Å²) >= 11 is 0. The van der Waals surface area contributed by atoms with Crippen molar-refractivity contribution in [3.8, 4) is 11.5 Å². The fourth-order valence-corrected chi connectivity index (χ4v) is 4.31. The summed E-state index contributed by atoms with van der Waals surface area (Å²) in [4.78, 5) is 44.2. The lowest BCUT2D eigenvalue weighted by atomic mass is 9.97. The van der Waals surface area contributed by atoms with Crippen LogP contribution in [-0.4, -0.2) is 59.6 Å². The van der Waals surface area contributed by atoms with Crippen LogP contribution in [-0.2, 0) is 20.9 Å². The van der Waals surface area contributed by atoms with Crippen molar-refractivity contribution in [2.45, 2.75) is 38.1 Å². The van der Waals surface area contributed by atoms with Gasteiger partial charge in [-0.15, -0.1) is 0 Å². The number of hydrogen-bond acceptors (Lipinski definition) is 8. The lowest BCUT2D eigenvalue weighted by Gasteiger charge is -2.23. The summed E-state index contributed by atoms with van der Waals surface area (Å²) < 4.78 is 17.9. The van der Waals surface area contributed by atoms with E-state index in [1.807, 2.05) is 30.3 Å². The summed E-state index contributed by atoms with van der Waals surface area (Å²) in [5, 5.41) is 5.40. The van der Waals surface area contributed by atoms with Gasteiger partial charge in [-0.05, 0) is 61.4 Å². The van der Waals surface area contributed by atoms with Gasteiger partial charge in [0.2, 0.25) is 5.91 Å². The summed E-state index contributed by atoms with van der Waals surface area (Å²) in [6, 6.07) is 21.6. The van der Waals surface area contributed by atoms with Crippen molar-refractivity contribution in [1.29, 1.82) is 0 Å². The molecule has 3 aromatic carbocycles. The first-order valence-electron chi connectivity index (χ1n) is 14.0. The number of nitrogens with two attached hydrogens (primary N) is 1. The molecule has 0 radical (unpaired) electrons. The molecule has 4 aromatic rings. The van der Waals surface area contributed by atoms with E-state index in [4.69, 9.17) is 19.9 Å². The third-order valence-electron chi connectivity index (χ3n) is 6.81. The Kier molecular flexibility index (Phi) is 10.5. The summed E-state index contributed by atoms with van der Waals surface area (Å²) in [5.41, 5.74) is 6.81. The molecule has 0 bridgehead atoms. The average molecular weight is 600 g/mol. The van der Waals surface area contributed by atoms with Crippen LogP contribution in [0.4, 0.5) is 5.82 Å². The number of nitrogens with zero attached hydrogens (tertiary/aromatic N) is 2. The molecule has 0 fully saturated rings. The molecule has 11 nitrogen and oxygen atoms in total. The number of ketones is 1. The number of hydrogen-bond donors (Lipinski definition) is 3. The van der Waals surface area contributed by atoms with Gasteiger partial charge in [-0.3, -0.25) is 14.4 Å². The molecule has 1 unspecified atom stereocenters. The molecule has 0 aliphatic carbocycles. The van der Waals surface area contributed by atoms with Crippen molar-refractivity contribution in [3.05, 3.63) is 108 Å². The standard InChI is InChI=1S/C33H37N5O6/c1-33(2,34)32(41)36-27(20-44-19-22-8-6-5-7-9-22)31(40)37-28-18-38(21-35-28)29(23-10-14-25(42-3)15-11-23)30(39)24-12-16-26(43-4)17-13-24/h5-18,21,27,29H,19-20,34H2,1-4H3,(H,36,41)(H,37,40)/t27-,29?/m1/s1. The predicted octanol–water partition coefficient (Wildman–Crippen LogP) is 3.75. The number of imidazole rings is 1. The van der Waals surface area contributed by atoms with E-state index in [1.165, 1.54) is 6.33 Å². The van der Waals surface area contributed by atoms with Gasteiger partial charge in [0.25, 0.3) is 5.91 Å². The van der Waals surface area contributed by atoms with Gasteiger partial charge in [-0.2, -0.15) is 0 Å². The van der Waals surface area contributed by atoms with Crippen LogP contribution >= 0.6 is 0 Å². The number of ether oxygens (including phenoxy) is 3. The molecule has 230 valence electrons. The molecule has 0 spiro atoms. The number of amides is 2. The van der Waals surface area contributed by atoms with Crippen molar-refractivity contribution in [2.24, 2.45) is 5.73 Å². The highest BCUT2D eigenvalue weighted by atomic mass is 16.5. The normalized spacial score (nSPS) is 12.6. The molecule has 0 saturated heterocycles. The van der Waals surface area contributed by atoms with E-state index in [-0.39, 0.29) is 24.8 Å². The second kappa shape index (κ2) is 14.5. The number of aromatic nitrogens is 2. The van der Waals surface area contributed by atoms with Gasteiger partial charge < -0.3 is 35.1 Å². The van der Waals surface area contributed by atoms with Gasteiger partial charge in [-0.1, -0.05) is 42.5 Å². The second-order valence-electron chi connectivity index (χ2n) is 10.7. The van der Waals surface area contributed by atoms with E-state index in [1.54, 1.807) is 87.4 Å². The summed E-state index contributed by atoms with van der Waals surface area (Å²) in [6.45, 7) is 3.23. The minimum Gasteiger partial charge on any atom is -0.497 e. The molecule has 4 rings (SSSR count). The highest BCUT2D eigenvalue weighted by Gasteiger charge is 2.29. The minimum atomic E-state index is -1.22. The molecular formula is C33H37N5O6. The van der Waals surface area contributed by atoms with Crippen LogP contribution < -0.4 is 25.8 Å². The van der Waals surface area contributed by atoms with Crippen LogP contribution in [0.25, 0.3) is 0 Å². The minimum absolute atomic E-state index is 0.103. The second-order valence-corrected chi connectivity index (χ2v) is 10.7. The number of rotatable bonds is 14. The number of methoxy groups -OCH3 is 2. The lowest BCUT2D eigenvalue weighted by molar-refractivity contribution is -0.130. The Hall–Kier alpha value is -5.00. The SMILES string of the molecule is COc1ccc(C(=O)C(c2ccc(OC)cc2)n2cnc(NC(=O)[C@@H](COCc3ccccc3)NC(=O)C(C)(C)N)c2)cc1. The first-order chi connectivity index (χ1) is 21.1. The molecule has 2 atom stereocenters. The molecule has 0 aliphatic heterocycles. The molecule has 44 heavy (non-hydrogen) atoms. The average Bonchev–Trinajstić information content (AvgIpc) is 3.48. The van der Waals surface area contributed by atoms with Gasteiger partial charge in [-0.25, -0.2) is 4.98 Å². The summed E-state index contributed by atoms with van der Waals surface area (Å²) in [7, 11) is 3.12. The quantitative estimate of drug-likeness (QED) is 0.186. The predicted molar refractivity (Wildman–Crippen MR) is 166 cm³/mol. The van der Waals surface area contributed by atoms with Gasteiger partial charge >= 0.3 is 0 Å². The van der Waals surface area contributed by atoms with E-state index in [0.717, 1.165) is 5.56 Å². The monoisotopic (exact) mass is 599 g/mol. The van der Waals surface area contributed by atoms with Gasteiger partial charge in [0.15, 0.2) is 11.6 Å². The van der Waals surface area contributed by atoms with Crippen LogP contribution in [0.3, 0.4) is 0 Å². The summed E-state index contributed by atoms with van der Waals surface area (Å²) in [5.74, 6) is 0.191. The van der Waals surface area contributed by atoms with E-state index < -0.39 is 29.4 Å². The van der Waals surface area contributed by atoms with Crippen molar-refractivity contribution < 1.29 is 28.6 Å². The zero-order valence-electron chi connectivity index (χ0n) is 25.2. The maximum absolute atomic E-state index is 13.8. The van der Waals surface area contributed by atoms with Crippen LogP contribution in [0, 0.1) is 0 Å². The Bertz CT molecular complexity index is 1550. The van der Waals surface area contributed by atoms with Crippen LogP contribution in [0.1, 0.15) is 41.4 Å². The number of Topliss-reactive ketones (excluding diaryl/α,β-unsaturated/α-hetero) is 1. The highest BCUT2D eigenvalue weighted by Crippen LogP contribution is 2.27. The molecule has 0 saturated carbocycles. The Morgan fingerprint density at radius 1 is 0.909 bits per heavy atom. The maximum Gasteiger partial charge on any atom is 0.250 e. The third-order valence-corrected chi connectivity index (χ3v) is 6.81. The highest BCUT2D eigenvalue weighted by molar-refractivity contribution is 6.01. The van der Waals surface area contributed by atoms with E-state index >= 15 is 0 Å². The fourth-order valence-electron chi connectivity index (χ4n) is 4.31. The Morgan fingerprint density at radius 2 is 1.52 bits per heavy atom. The van der Waals surface area contributed by atoms with Crippen LogP contribution in [0.15, 0.2) is 91.4 Å². The summed E-state index contributed by atoms with van der Waals surface area (Å²) in [6.07, 6.45) is 3.03.